The van der Waals surface area contributed by atoms with E-state index in [1.165, 1.54) is 0 Å². The molecule has 340 valence electrons. The lowest BCUT2D eigenvalue weighted by Crippen LogP contribution is -2.61. The molecule has 6 atom stereocenters. The van der Waals surface area contributed by atoms with Crippen LogP contribution >= 0.6 is 0 Å². The fourth-order valence-electron chi connectivity index (χ4n) is 8.60. The standard InChI is InChI=1S/C50H79N5O6/c1-37(2)31-38(3)41(56)33-52-48(5)28-20-13-10-11-15-22-30-50(7,54-35-43(48)58)45(60)36-55-49(6)29-21-14-9-8-12-19-27-47(4,53-34-44(49)59)42(57)26-25-40(46(51)61)32-39-23-17-16-18-24-39/h8-11,16-18,23-24,37-38,40,52-55H,12-15,19-22,25-36H2,1-7H3,(H2,51,61)/b9-8-,11-10-/t38-,40-,47-,48-,49-,50-/m0/s1. The average Bonchev–Trinajstić information content (AvgIpc) is 3.24. The van der Waals surface area contributed by atoms with Crippen LogP contribution in [0.15, 0.2) is 54.6 Å². The minimum Gasteiger partial charge on any atom is -0.369 e. The third kappa shape index (κ3) is 16.9. The Morgan fingerprint density at radius 2 is 1.13 bits per heavy atom. The normalized spacial score (nSPS) is 28.7. The summed E-state index contributed by atoms with van der Waals surface area (Å²) < 4.78 is 0. The predicted octanol–water partition coefficient (Wildman–Crippen LogP) is 6.85. The van der Waals surface area contributed by atoms with Crippen molar-refractivity contribution in [2.75, 3.05) is 26.2 Å². The number of ketones is 5. The highest BCUT2D eigenvalue weighted by molar-refractivity contribution is 5.95. The van der Waals surface area contributed by atoms with E-state index in [1.54, 1.807) is 0 Å². The van der Waals surface area contributed by atoms with Gasteiger partial charge in [-0.3, -0.25) is 50.0 Å². The van der Waals surface area contributed by atoms with Crippen LogP contribution in [0.5, 0.6) is 0 Å². The maximum Gasteiger partial charge on any atom is 0.220 e. The topological polar surface area (TPSA) is 177 Å². The van der Waals surface area contributed by atoms with Gasteiger partial charge in [0.25, 0.3) is 0 Å². The van der Waals surface area contributed by atoms with Gasteiger partial charge >= 0.3 is 0 Å². The summed E-state index contributed by atoms with van der Waals surface area (Å²) in [6, 6.07) is 9.63. The van der Waals surface area contributed by atoms with Gasteiger partial charge in [-0.1, -0.05) is 75.4 Å². The second kappa shape index (κ2) is 24.9. The smallest absolute Gasteiger partial charge is 0.220 e. The van der Waals surface area contributed by atoms with Gasteiger partial charge in [-0.05, 0) is 135 Å². The van der Waals surface area contributed by atoms with Crippen molar-refractivity contribution in [1.29, 1.82) is 0 Å². The lowest BCUT2D eigenvalue weighted by Gasteiger charge is -2.36. The highest BCUT2D eigenvalue weighted by Crippen LogP contribution is 2.25. The van der Waals surface area contributed by atoms with Crippen LogP contribution in [-0.2, 0) is 35.2 Å². The van der Waals surface area contributed by atoms with E-state index >= 15 is 0 Å². The van der Waals surface area contributed by atoms with Crippen LogP contribution in [0.25, 0.3) is 0 Å². The number of amides is 1. The number of allylic oxidation sites excluding steroid dienone is 4. The summed E-state index contributed by atoms with van der Waals surface area (Å²) in [6.45, 7) is 13.4. The lowest BCUT2D eigenvalue weighted by molar-refractivity contribution is -0.128. The second-order valence-corrected chi connectivity index (χ2v) is 19.3. The number of primary amides is 1. The summed E-state index contributed by atoms with van der Waals surface area (Å²) in [5, 5.41) is 13.4. The molecule has 61 heavy (non-hydrogen) atoms. The van der Waals surface area contributed by atoms with Crippen LogP contribution in [0.4, 0.5) is 0 Å². The minimum atomic E-state index is -1.07. The first-order valence-electron chi connectivity index (χ1n) is 23.1. The summed E-state index contributed by atoms with van der Waals surface area (Å²) in [7, 11) is 0. The van der Waals surface area contributed by atoms with Gasteiger partial charge in [0.15, 0.2) is 23.1 Å². The molecule has 0 spiro atoms. The minimum absolute atomic E-state index is 0.0413. The number of rotatable bonds is 17. The first kappa shape index (κ1) is 51.7. The third-order valence-electron chi connectivity index (χ3n) is 13.4. The molecule has 0 saturated heterocycles. The van der Waals surface area contributed by atoms with Crippen molar-refractivity contribution < 1.29 is 28.8 Å². The Labute approximate surface area is 367 Å². The average molecular weight is 846 g/mol. The summed E-state index contributed by atoms with van der Waals surface area (Å²) in [6.07, 6.45) is 18.5. The zero-order valence-electron chi connectivity index (χ0n) is 38.6. The van der Waals surface area contributed by atoms with Gasteiger partial charge in [0, 0.05) is 18.3 Å². The van der Waals surface area contributed by atoms with Crippen LogP contribution in [-0.4, -0.2) is 83.2 Å². The van der Waals surface area contributed by atoms with E-state index in [0.717, 1.165) is 63.4 Å². The van der Waals surface area contributed by atoms with E-state index in [9.17, 15) is 28.8 Å². The number of nitrogens with one attached hydrogen (secondary N) is 4. The predicted molar refractivity (Wildman–Crippen MR) is 245 cm³/mol. The first-order chi connectivity index (χ1) is 28.8. The van der Waals surface area contributed by atoms with Crippen LogP contribution in [0.2, 0.25) is 0 Å². The van der Waals surface area contributed by atoms with Crippen LogP contribution in [0.3, 0.4) is 0 Å². The summed E-state index contributed by atoms with van der Waals surface area (Å²) in [5.74, 6) is -0.997. The molecule has 3 rings (SSSR count). The number of nitrogens with two attached hydrogens (primary N) is 1. The quantitative estimate of drug-likeness (QED) is 0.104. The molecule has 11 nitrogen and oxygen atoms in total. The number of hydrogen-bond acceptors (Lipinski definition) is 10. The molecule has 0 saturated carbocycles. The Balaban J connectivity index is 1.74. The van der Waals surface area contributed by atoms with Gasteiger partial charge in [0.05, 0.1) is 48.3 Å². The van der Waals surface area contributed by atoms with Gasteiger partial charge in [-0.2, -0.15) is 0 Å². The first-order valence-corrected chi connectivity index (χ1v) is 23.1. The molecule has 0 unspecified atom stereocenters. The van der Waals surface area contributed by atoms with E-state index in [0.29, 0.717) is 44.4 Å². The molecule has 1 amide bonds. The fraction of sp³-hybridized carbons (Fsp3) is 0.680. The van der Waals surface area contributed by atoms with Crippen molar-refractivity contribution in [3.63, 3.8) is 0 Å². The van der Waals surface area contributed by atoms with Gasteiger partial charge < -0.3 is 5.73 Å². The number of hydrogen-bond donors (Lipinski definition) is 5. The lowest BCUT2D eigenvalue weighted by atomic mass is 9.83. The Hall–Kier alpha value is -3.64. The second-order valence-electron chi connectivity index (χ2n) is 19.3. The van der Waals surface area contributed by atoms with Crippen molar-refractivity contribution in [3.8, 4) is 0 Å². The largest absolute Gasteiger partial charge is 0.369 e. The molecule has 11 heteroatoms. The molecule has 2 aliphatic rings. The van der Waals surface area contributed by atoms with E-state index in [4.69, 9.17) is 5.73 Å². The molecular weight excluding hydrogens is 767 g/mol. The van der Waals surface area contributed by atoms with Crippen LogP contribution in [0, 0.1) is 17.8 Å². The molecule has 6 N–H and O–H groups in total. The summed E-state index contributed by atoms with van der Waals surface area (Å²) in [4.78, 5) is 82.0. The zero-order chi connectivity index (χ0) is 45.1. The third-order valence-corrected chi connectivity index (χ3v) is 13.4. The zero-order valence-corrected chi connectivity index (χ0v) is 38.6. The maximum atomic E-state index is 14.3. The van der Waals surface area contributed by atoms with Gasteiger partial charge in [0.2, 0.25) is 5.91 Å². The van der Waals surface area contributed by atoms with Gasteiger partial charge in [0.1, 0.15) is 5.78 Å². The molecule has 2 heterocycles. The van der Waals surface area contributed by atoms with Crippen molar-refractivity contribution in [2.24, 2.45) is 23.5 Å². The van der Waals surface area contributed by atoms with E-state index in [-0.39, 0.29) is 67.4 Å². The number of carbonyl (C=O) groups excluding carboxylic acids is 6. The highest BCUT2D eigenvalue weighted by Gasteiger charge is 2.41. The molecule has 0 aliphatic carbocycles. The van der Waals surface area contributed by atoms with E-state index < -0.39 is 34.0 Å². The van der Waals surface area contributed by atoms with E-state index in [2.05, 4.69) is 59.4 Å². The molecule has 1 aromatic rings. The number of carbonyl (C=O) groups is 6. The Morgan fingerprint density at radius 1 is 0.672 bits per heavy atom. The van der Waals surface area contributed by atoms with Crippen molar-refractivity contribution >= 4 is 34.8 Å². The summed E-state index contributed by atoms with van der Waals surface area (Å²) >= 11 is 0. The molecule has 0 fully saturated rings. The van der Waals surface area contributed by atoms with E-state index in [1.807, 2.05) is 65.0 Å². The molecular formula is C50H79N5O6. The SMILES string of the molecule is CC(C)C[C@H](C)C(=O)CN[C@@]1(C)CCC/C=C\CCC[C@@](C)(C(=O)CN[C@@]2(C)CCC/C=C\CCC[C@@](C)(C(=O)CC[C@@H](Cc3ccccc3)C(N)=O)NCC2=O)NCC1=O. The molecule has 0 radical (unpaired) electrons. The molecule has 0 aromatic heterocycles. The number of Topliss-reactive ketones (excluding diaryl/α,β-unsaturated/α-hetero) is 5. The van der Waals surface area contributed by atoms with Crippen LogP contribution < -0.4 is 27.0 Å². The van der Waals surface area contributed by atoms with Crippen LogP contribution in [0.1, 0.15) is 150 Å². The molecule has 2 aliphatic heterocycles. The van der Waals surface area contributed by atoms with Crippen molar-refractivity contribution in [2.45, 2.75) is 173 Å². The number of benzene rings is 1. The fourth-order valence-corrected chi connectivity index (χ4v) is 8.60. The monoisotopic (exact) mass is 846 g/mol. The van der Waals surface area contributed by atoms with Crippen molar-refractivity contribution in [1.82, 2.24) is 21.3 Å². The Bertz CT molecular complexity index is 1680. The molecule has 1 aromatic carbocycles. The Kier molecular flexibility index (Phi) is 21.1. The summed E-state index contributed by atoms with van der Waals surface area (Å²) in [5.41, 5.74) is 2.70. The molecule has 0 bridgehead atoms. The highest BCUT2D eigenvalue weighted by atomic mass is 16.2. The van der Waals surface area contributed by atoms with Crippen molar-refractivity contribution in [3.05, 3.63) is 60.2 Å². The maximum absolute atomic E-state index is 14.3. The van der Waals surface area contributed by atoms with Gasteiger partial charge in [-0.25, -0.2) is 0 Å². The van der Waals surface area contributed by atoms with Gasteiger partial charge in [-0.15, -0.1) is 0 Å². The Morgan fingerprint density at radius 3 is 1.61 bits per heavy atom.